The number of carboxylic acid groups (broad SMARTS) is 1. The van der Waals surface area contributed by atoms with Crippen LogP contribution in [-0.4, -0.2) is 36.5 Å². The maximum absolute atomic E-state index is 10.9. The van der Waals surface area contributed by atoms with Gasteiger partial charge in [-0.05, 0) is 37.0 Å². The van der Waals surface area contributed by atoms with Crippen LogP contribution < -0.4 is 4.74 Å². The number of hydrogen-bond acceptors (Lipinski definition) is 4. The molecule has 0 radical (unpaired) electrons. The van der Waals surface area contributed by atoms with Crippen molar-refractivity contribution in [2.45, 2.75) is 25.9 Å². The van der Waals surface area contributed by atoms with Gasteiger partial charge in [-0.25, -0.2) is 4.79 Å². The van der Waals surface area contributed by atoms with E-state index in [2.05, 4.69) is 0 Å². The SMILES string of the molecule is COc1cc(COCCCCCO)ccc1C(=O)O. The van der Waals surface area contributed by atoms with Gasteiger partial charge < -0.3 is 19.7 Å². The summed E-state index contributed by atoms with van der Waals surface area (Å²) in [6.07, 6.45) is 2.65. The monoisotopic (exact) mass is 268 g/mol. The van der Waals surface area contributed by atoms with E-state index in [9.17, 15) is 4.79 Å². The van der Waals surface area contributed by atoms with Gasteiger partial charge in [-0.15, -0.1) is 0 Å². The lowest BCUT2D eigenvalue weighted by molar-refractivity contribution is 0.0693. The molecule has 0 aliphatic rings. The van der Waals surface area contributed by atoms with Crippen molar-refractivity contribution in [1.29, 1.82) is 0 Å². The molecule has 19 heavy (non-hydrogen) atoms. The zero-order valence-corrected chi connectivity index (χ0v) is 11.1. The van der Waals surface area contributed by atoms with E-state index in [1.165, 1.54) is 13.2 Å². The molecule has 0 amide bonds. The summed E-state index contributed by atoms with van der Waals surface area (Å²) in [5.41, 5.74) is 1.03. The highest BCUT2D eigenvalue weighted by Gasteiger charge is 2.10. The molecule has 0 heterocycles. The number of aliphatic hydroxyl groups excluding tert-OH is 1. The van der Waals surface area contributed by atoms with Gasteiger partial charge in [-0.3, -0.25) is 0 Å². The fraction of sp³-hybridized carbons (Fsp3) is 0.500. The highest BCUT2D eigenvalue weighted by atomic mass is 16.5. The van der Waals surface area contributed by atoms with Crippen LogP contribution in [-0.2, 0) is 11.3 Å². The molecule has 0 fully saturated rings. The maximum Gasteiger partial charge on any atom is 0.339 e. The third-order valence-corrected chi connectivity index (χ3v) is 2.71. The Balaban J connectivity index is 2.44. The van der Waals surface area contributed by atoms with Gasteiger partial charge in [0.25, 0.3) is 0 Å². The topological polar surface area (TPSA) is 76.0 Å². The van der Waals surface area contributed by atoms with E-state index in [0.717, 1.165) is 24.8 Å². The quantitative estimate of drug-likeness (QED) is 0.670. The van der Waals surface area contributed by atoms with E-state index in [0.29, 0.717) is 19.0 Å². The Kier molecular flexibility index (Phi) is 6.92. The minimum Gasteiger partial charge on any atom is -0.496 e. The van der Waals surface area contributed by atoms with Crippen molar-refractivity contribution in [2.24, 2.45) is 0 Å². The Morgan fingerprint density at radius 3 is 2.68 bits per heavy atom. The molecule has 1 aromatic rings. The van der Waals surface area contributed by atoms with Crippen molar-refractivity contribution in [3.8, 4) is 5.75 Å². The highest BCUT2D eigenvalue weighted by molar-refractivity contribution is 5.90. The van der Waals surface area contributed by atoms with Crippen molar-refractivity contribution in [1.82, 2.24) is 0 Å². The van der Waals surface area contributed by atoms with Gasteiger partial charge in [-0.2, -0.15) is 0 Å². The molecular weight excluding hydrogens is 248 g/mol. The van der Waals surface area contributed by atoms with E-state index >= 15 is 0 Å². The molecule has 5 nitrogen and oxygen atoms in total. The number of methoxy groups -OCH3 is 1. The molecule has 0 atom stereocenters. The smallest absolute Gasteiger partial charge is 0.339 e. The second-order valence-corrected chi connectivity index (χ2v) is 4.18. The number of carbonyl (C=O) groups is 1. The third-order valence-electron chi connectivity index (χ3n) is 2.71. The predicted octanol–water partition coefficient (Wildman–Crippen LogP) is 2.07. The minimum absolute atomic E-state index is 0.147. The Labute approximate surface area is 112 Å². The first kappa shape index (κ1) is 15.5. The molecule has 1 rings (SSSR count). The molecule has 0 saturated heterocycles. The molecule has 0 saturated carbocycles. The van der Waals surface area contributed by atoms with Crippen molar-refractivity contribution in [3.63, 3.8) is 0 Å². The molecule has 0 aromatic heterocycles. The van der Waals surface area contributed by atoms with Crippen LogP contribution in [0, 0.1) is 0 Å². The summed E-state index contributed by atoms with van der Waals surface area (Å²) in [5.74, 6) is -0.665. The average Bonchev–Trinajstić information content (AvgIpc) is 2.42. The van der Waals surface area contributed by atoms with Crippen LogP contribution in [0.15, 0.2) is 18.2 Å². The van der Waals surface area contributed by atoms with Crippen LogP contribution >= 0.6 is 0 Å². The van der Waals surface area contributed by atoms with Crippen molar-refractivity contribution in [3.05, 3.63) is 29.3 Å². The van der Waals surface area contributed by atoms with Crippen molar-refractivity contribution >= 4 is 5.97 Å². The van der Waals surface area contributed by atoms with E-state index < -0.39 is 5.97 Å². The fourth-order valence-corrected chi connectivity index (χ4v) is 1.68. The summed E-state index contributed by atoms with van der Waals surface area (Å²) in [4.78, 5) is 10.9. The third kappa shape index (κ3) is 5.28. The summed E-state index contributed by atoms with van der Waals surface area (Å²) in [5, 5.41) is 17.6. The Morgan fingerprint density at radius 1 is 1.26 bits per heavy atom. The number of aliphatic hydroxyl groups is 1. The summed E-state index contributed by atoms with van der Waals surface area (Å²) in [6, 6.07) is 4.92. The number of unbranched alkanes of at least 4 members (excludes halogenated alkanes) is 2. The Hall–Kier alpha value is -1.59. The molecule has 0 aliphatic carbocycles. The number of rotatable bonds is 9. The first-order valence-electron chi connectivity index (χ1n) is 6.28. The first-order valence-corrected chi connectivity index (χ1v) is 6.28. The second-order valence-electron chi connectivity index (χ2n) is 4.18. The van der Waals surface area contributed by atoms with E-state index in [1.54, 1.807) is 12.1 Å². The summed E-state index contributed by atoms with van der Waals surface area (Å²) in [7, 11) is 1.45. The van der Waals surface area contributed by atoms with Gasteiger partial charge in [0, 0.05) is 13.2 Å². The van der Waals surface area contributed by atoms with Crippen LogP contribution in [0.4, 0.5) is 0 Å². The number of ether oxygens (including phenoxy) is 2. The first-order chi connectivity index (χ1) is 9.19. The largest absolute Gasteiger partial charge is 0.496 e. The number of hydrogen-bond donors (Lipinski definition) is 2. The normalized spacial score (nSPS) is 10.4. The molecule has 0 spiro atoms. The van der Waals surface area contributed by atoms with Crippen LogP contribution in [0.2, 0.25) is 0 Å². The lowest BCUT2D eigenvalue weighted by Crippen LogP contribution is -2.02. The highest BCUT2D eigenvalue weighted by Crippen LogP contribution is 2.20. The van der Waals surface area contributed by atoms with E-state index in [4.69, 9.17) is 19.7 Å². The summed E-state index contributed by atoms with van der Waals surface area (Å²) >= 11 is 0. The molecule has 106 valence electrons. The van der Waals surface area contributed by atoms with Crippen molar-refractivity contribution < 1.29 is 24.5 Å². The van der Waals surface area contributed by atoms with Gasteiger partial charge in [0.15, 0.2) is 0 Å². The molecular formula is C14H20O5. The molecule has 0 unspecified atom stereocenters. The number of aromatic carboxylic acids is 1. The predicted molar refractivity (Wildman–Crippen MR) is 70.5 cm³/mol. The molecule has 2 N–H and O–H groups in total. The molecule has 0 bridgehead atoms. The van der Waals surface area contributed by atoms with Crippen LogP contribution in [0.3, 0.4) is 0 Å². The maximum atomic E-state index is 10.9. The summed E-state index contributed by atoms with van der Waals surface area (Å²) < 4.78 is 10.5. The van der Waals surface area contributed by atoms with Gasteiger partial charge in [0.05, 0.1) is 13.7 Å². The van der Waals surface area contributed by atoms with Gasteiger partial charge >= 0.3 is 5.97 Å². The Morgan fingerprint density at radius 2 is 2.05 bits per heavy atom. The lowest BCUT2D eigenvalue weighted by atomic mass is 10.1. The molecule has 5 heteroatoms. The second kappa shape index (κ2) is 8.50. The van der Waals surface area contributed by atoms with Crippen LogP contribution in [0.1, 0.15) is 35.2 Å². The summed E-state index contributed by atoms with van der Waals surface area (Å²) in [6.45, 7) is 1.27. The average molecular weight is 268 g/mol. The van der Waals surface area contributed by atoms with Crippen LogP contribution in [0.5, 0.6) is 5.75 Å². The fourth-order valence-electron chi connectivity index (χ4n) is 1.68. The van der Waals surface area contributed by atoms with Crippen molar-refractivity contribution in [2.75, 3.05) is 20.3 Å². The van der Waals surface area contributed by atoms with Crippen LogP contribution in [0.25, 0.3) is 0 Å². The molecule has 0 aliphatic heterocycles. The van der Waals surface area contributed by atoms with E-state index in [1.807, 2.05) is 0 Å². The standard InChI is InChI=1S/C14H20O5/c1-18-13-9-11(5-6-12(13)14(16)17)10-19-8-4-2-3-7-15/h5-6,9,15H,2-4,7-8,10H2,1H3,(H,16,17). The van der Waals surface area contributed by atoms with Gasteiger partial charge in [0.2, 0.25) is 0 Å². The minimum atomic E-state index is -1.01. The zero-order chi connectivity index (χ0) is 14.1. The van der Waals surface area contributed by atoms with Gasteiger partial charge in [0.1, 0.15) is 11.3 Å². The van der Waals surface area contributed by atoms with E-state index in [-0.39, 0.29) is 12.2 Å². The number of carboxylic acids is 1. The zero-order valence-electron chi connectivity index (χ0n) is 11.1. The lowest BCUT2D eigenvalue weighted by Gasteiger charge is -2.08. The molecule has 1 aromatic carbocycles. The number of benzene rings is 1. The Bertz CT molecular complexity index is 403. The van der Waals surface area contributed by atoms with Gasteiger partial charge in [-0.1, -0.05) is 6.07 Å².